The van der Waals surface area contributed by atoms with Crippen molar-refractivity contribution >= 4 is 35.8 Å². The van der Waals surface area contributed by atoms with Crippen LogP contribution in [0.4, 0.5) is 4.39 Å². The van der Waals surface area contributed by atoms with Crippen molar-refractivity contribution in [1.29, 1.82) is 0 Å². The van der Waals surface area contributed by atoms with Crippen LogP contribution in [0, 0.1) is 17.7 Å². The molecule has 33 heavy (non-hydrogen) atoms. The molecule has 4 N–H and O–H groups in total. The van der Waals surface area contributed by atoms with E-state index in [9.17, 15) is 9.18 Å². The van der Waals surface area contributed by atoms with Gasteiger partial charge in [0.15, 0.2) is 17.5 Å². The van der Waals surface area contributed by atoms with Gasteiger partial charge in [0.05, 0.1) is 12.6 Å². The van der Waals surface area contributed by atoms with Crippen LogP contribution in [0.5, 0.6) is 5.75 Å². The Hall–Kier alpha value is -1.62. The fourth-order valence-electron chi connectivity index (χ4n) is 3.99. The van der Waals surface area contributed by atoms with Crippen molar-refractivity contribution in [1.82, 2.24) is 15.5 Å². The minimum atomic E-state index is -0.320. The van der Waals surface area contributed by atoms with E-state index in [1.165, 1.54) is 18.9 Å². The highest BCUT2D eigenvalue weighted by molar-refractivity contribution is 14.0. The van der Waals surface area contributed by atoms with Crippen LogP contribution in [0.15, 0.2) is 23.2 Å². The highest BCUT2D eigenvalue weighted by Gasteiger charge is 2.23. The Balaban J connectivity index is 0.00000385. The Morgan fingerprint density at radius 1 is 1.27 bits per heavy atom. The first-order valence-corrected chi connectivity index (χ1v) is 11.9. The summed E-state index contributed by atoms with van der Waals surface area (Å²) in [7, 11) is 1.74. The SMILES string of the molecule is CN=C(NCCCCN1CCC(C(N)=O)CC1)NC(C)c1ccc(OCC2CC2)c(F)c1.I. The number of nitrogens with two attached hydrogens (primary N) is 1. The van der Waals surface area contributed by atoms with Crippen molar-refractivity contribution in [3.05, 3.63) is 29.6 Å². The van der Waals surface area contributed by atoms with Gasteiger partial charge < -0.3 is 26.0 Å². The number of nitrogens with one attached hydrogen (secondary N) is 2. The number of hydrogen-bond donors (Lipinski definition) is 3. The average Bonchev–Trinajstić information content (AvgIpc) is 3.62. The predicted octanol–water partition coefficient (Wildman–Crippen LogP) is 3.44. The Morgan fingerprint density at radius 3 is 2.61 bits per heavy atom. The lowest BCUT2D eigenvalue weighted by Gasteiger charge is -2.30. The lowest BCUT2D eigenvalue weighted by molar-refractivity contribution is -0.123. The minimum Gasteiger partial charge on any atom is -0.490 e. The van der Waals surface area contributed by atoms with Crippen LogP contribution in [0.1, 0.15) is 57.1 Å². The largest absolute Gasteiger partial charge is 0.490 e. The summed E-state index contributed by atoms with van der Waals surface area (Å²) in [5.74, 6) is 1.19. The van der Waals surface area contributed by atoms with Crippen LogP contribution in [-0.2, 0) is 4.79 Å². The van der Waals surface area contributed by atoms with E-state index in [4.69, 9.17) is 10.5 Å². The third-order valence-corrected chi connectivity index (χ3v) is 6.39. The van der Waals surface area contributed by atoms with Crippen molar-refractivity contribution in [2.24, 2.45) is 22.6 Å². The van der Waals surface area contributed by atoms with E-state index >= 15 is 0 Å². The van der Waals surface area contributed by atoms with Gasteiger partial charge in [-0.05, 0) is 88.7 Å². The molecule has 1 atom stereocenters. The van der Waals surface area contributed by atoms with Crippen LogP contribution in [0.3, 0.4) is 0 Å². The second kappa shape index (κ2) is 13.9. The molecule has 1 amide bonds. The Bertz CT molecular complexity index is 782. The summed E-state index contributed by atoms with van der Waals surface area (Å²) >= 11 is 0. The van der Waals surface area contributed by atoms with E-state index < -0.39 is 0 Å². The van der Waals surface area contributed by atoms with Crippen LogP contribution in [0.25, 0.3) is 0 Å². The van der Waals surface area contributed by atoms with E-state index in [0.29, 0.717) is 24.2 Å². The first kappa shape index (κ1) is 27.6. The molecule has 2 fully saturated rings. The van der Waals surface area contributed by atoms with Crippen LogP contribution in [0.2, 0.25) is 0 Å². The fourth-order valence-corrected chi connectivity index (χ4v) is 3.99. The smallest absolute Gasteiger partial charge is 0.220 e. The number of hydrogen-bond acceptors (Lipinski definition) is 4. The molecule has 1 saturated carbocycles. The van der Waals surface area contributed by atoms with Crippen LogP contribution in [-0.4, -0.2) is 56.6 Å². The van der Waals surface area contributed by atoms with Gasteiger partial charge in [-0.15, -0.1) is 24.0 Å². The number of rotatable bonds is 11. The number of amides is 1. The number of piperidine rings is 1. The summed E-state index contributed by atoms with van der Waals surface area (Å²) in [6, 6.07) is 5.07. The van der Waals surface area contributed by atoms with Crippen molar-refractivity contribution in [3.8, 4) is 5.75 Å². The van der Waals surface area contributed by atoms with E-state index in [0.717, 1.165) is 57.4 Å². The number of nitrogens with zero attached hydrogens (tertiary/aromatic N) is 2. The quantitative estimate of drug-likeness (QED) is 0.163. The molecule has 1 aliphatic carbocycles. The average molecular weight is 576 g/mol. The minimum absolute atomic E-state index is 0. The molecular weight excluding hydrogens is 536 g/mol. The maximum atomic E-state index is 14.4. The van der Waals surface area contributed by atoms with Gasteiger partial charge in [-0.25, -0.2) is 4.39 Å². The Kier molecular flexibility index (Phi) is 11.7. The Morgan fingerprint density at radius 2 is 2.00 bits per heavy atom. The molecule has 1 aromatic rings. The zero-order valence-corrected chi connectivity index (χ0v) is 22.1. The molecule has 2 aliphatic rings. The zero-order chi connectivity index (χ0) is 22.9. The molecule has 0 bridgehead atoms. The van der Waals surface area contributed by atoms with Crippen LogP contribution < -0.4 is 21.1 Å². The van der Waals surface area contributed by atoms with E-state index in [1.54, 1.807) is 13.1 Å². The van der Waals surface area contributed by atoms with Crippen molar-refractivity contribution < 1.29 is 13.9 Å². The molecule has 0 radical (unpaired) electrons. The Labute approximate surface area is 214 Å². The van der Waals surface area contributed by atoms with Gasteiger partial charge in [-0.2, -0.15) is 0 Å². The molecule has 186 valence electrons. The van der Waals surface area contributed by atoms with Gasteiger partial charge in [0, 0.05) is 19.5 Å². The van der Waals surface area contributed by atoms with Crippen molar-refractivity contribution in [3.63, 3.8) is 0 Å². The van der Waals surface area contributed by atoms with Gasteiger partial charge in [0.1, 0.15) is 0 Å². The van der Waals surface area contributed by atoms with Gasteiger partial charge in [0.2, 0.25) is 5.91 Å². The summed E-state index contributed by atoms with van der Waals surface area (Å²) in [6.07, 6.45) is 6.21. The second-order valence-electron chi connectivity index (χ2n) is 9.03. The van der Waals surface area contributed by atoms with Gasteiger partial charge in [-0.1, -0.05) is 6.07 Å². The summed E-state index contributed by atoms with van der Waals surface area (Å²) in [6.45, 7) is 6.33. The molecule has 0 aromatic heterocycles. The number of primary amides is 1. The number of unbranched alkanes of at least 4 members (excludes halogenated alkanes) is 1. The number of guanidine groups is 1. The van der Waals surface area contributed by atoms with Crippen molar-refractivity contribution in [2.45, 2.75) is 51.5 Å². The maximum Gasteiger partial charge on any atom is 0.220 e. The molecule has 1 saturated heterocycles. The number of likely N-dealkylation sites (tertiary alicyclic amines) is 1. The number of aliphatic imine (C=N–C) groups is 1. The van der Waals surface area contributed by atoms with Crippen LogP contribution >= 0.6 is 24.0 Å². The highest BCUT2D eigenvalue weighted by Crippen LogP contribution is 2.30. The van der Waals surface area contributed by atoms with Crippen molar-refractivity contribution in [2.75, 3.05) is 39.8 Å². The molecule has 1 aliphatic heterocycles. The summed E-state index contributed by atoms with van der Waals surface area (Å²) in [5.41, 5.74) is 6.25. The topological polar surface area (TPSA) is 92.0 Å². The molecule has 1 aromatic carbocycles. The van der Waals surface area contributed by atoms with E-state index in [1.807, 2.05) is 13.0 Å². The van der Waals surface area contributed by atoms with Gasteiger partial charge >= 0.3 is 0 Å². The number of carbonyl (C=O) groups is 1. The van der Waals surface area contributed by atoms with Gasteiger partial charge in [-0.3, -0.25) is 9.79 Å². The number of ether oxygens (including phenoxy) is 1. The fraction of sp³-hybridized carbons (Fsp3) is 0.667. The first-order chi connectivity index (χ1) is 15.5. The number of carbonyl (C=O) groups excluding carboxylic acids is 1. The zero-order valence-electron chi connectivity index (χ0n) is 19.8. The number of benzene rings is 1. The summed E-state index contributed by atoms with van der Waals surface area (Å²) < 4.78 is 20.0. The second-order valence-corrected chi connectivity index (χ2v) is 9.03. The molecule has 3 rings (SSSR count). The number of halogens is 2. The summed E-state index contributed by atoms with van der Waals surface area (Å²) in [5, 5.41) is 6.66. The third-order valence-electron chi connectivity index (χ3n) is 6.39. The third kappa shape index (κ3) is 9.27. The monoisotopic (exact) mass is 575 g/mol. The highest BCUT2D eigenvalue weighted by atomic mass is 127. The lowest BCUT2D eigenvalue weighted by Crippen LogP contribution is -2.40. The molecular formula is C24H39FIN5O2. The molecule has 0 spiro atoms. The first-order valence-electron chi connectivity index (χ1n) is 11.9. The lowest BCUT2D eigenvalue weighted by atomic mass is 9.96. The standard InChI is InChI=1S/C24H38FN5O2.HI/c1-17(20-7-8-22(21(25)15-20)32-16-18-5-6-18)29-24(27-2)28-11-3-4-12-30-13-9-19(10-14-30)23(26)31;/h7-8,15,17-19H,3-6,9-14,16H2,1-2H3,(H2,26,31)(H2,27,28,29);1H. The molecule has 7 nitrogen and oxygen atoms in total. The predicted molar refractivity (Wildman–Crippen MR) is 141 cm³/mol. The molecule has 1 unspecified atom stereocenters. The van der Waals surface area contributed by atoms with E-state index in [-0.39, 0.29) is 47.7 Å². The normalized spacial score (nSPS) is 18.3. The molecule has 1 heterocycles. The maximum absolute atomic E-state index is 14.4. The summed E-state index contributed by atoms with van der Waals surface area (Å²) in [4.78, 5) is 17.9. The molecule has 9 heteroatoms. The van der Waals surface area contributed by atoms with E-state index in [2.05, 4.69) is 20.5 Å². The van der Waals surface area contributed by atoms with Gasteiger partial charge in [0.25, 0.3) is 0 Å².